The zero-order chi connectivity index (χ0) is 16.5. The van der Waals surface area contributed by atoms with E-state index in [4.69, 9.17) is 4.74 Å². The summed E-state index contributed by atoms with van der Waals surface area (Å²) in [6, 6.07) is 0.972. The van der Waals surface area contributed by atoms with Crippen molar-refractivity contribution >= 4 is 18.0 Å². The molecule has 9 heteroatoms. The molecule has 1 atom stereocenters. The van der Waals surface area contributed by atoms with Gasteiger partial charge in [0, 0.05) is 13.2 Å². The number of aryl methyl sites for hydroxylation is 1. The molecular formula is C13H19N5O4. The highest BCUT2D eigenvalue weighted by Crippen LogP contribution is 2.23. The lowest BCUT2D eigenvalue weighted by molar-refractivity contribution is -0.124. The highest BCUT2D eigenvalue weighted by molar-refractivity contribution is 6.07. The molecule has 2 heterocycles. The van der Waals surface area contributed by atoms with Gasteiger partial charge < -0.3 is 15.4 Å². The molecule has 0 aromatic carbocycles. The molecule has 0 radical (unpaired) electrons. The van der Waals surface area contributed by atoms with E-state index < -0.39 is 29.2 Å². The predicted octanol–water partition coefficient (Wildman–Crippen LogP) is -0.0205. The number of hydrogen-bond acceptors (Lipinski definition) is 5. The number of urea groups is 1. The summed E-state index contributed by atoms with van der Waals surface area (Å²) in [6.45, 7) is 5.04. The van der Waals surface area contributed by atoms with Crippen LogP contribution in [-0.4, -0.2) is 40.0 Å². The normalized spacial score (nSPS) is 21.3. The Bertz CT molecular complexity index is 618. The van der Waals surface area contributed by atoms with Crippen molar-refractivity contribution in [1.82, 2.24) is 25.7 Å². The van der Waals surface area contributed by atoms with Crippen molar-refractivity contribution in [3.05, 3.63) is 18.0 Å². The molecule has 9 nitrogen and oxygen atoms in total. The smallest absolute Gasteiger partial charge is 0.407 e. The number of amides is 4. The van der Waals surface area contributed by atoms with E-state index in [2.05, 4.69) is 21.0 Å². The maximum atomic E-state index is 12.2. The fraction of sp³-hybridized carbons (Fsp3) is 0.538. The van der Waals surface area contributed by atoms with E-state index in [0.29, 0.717) is 5.69 Å². The maximum absolute atomic E-state index is 12.2. The quantitative estimate of drug-likeness (QED) is 0.679. The molecule has 1 aliphatic rings. The van der Waals surface area contributed by atoms with Crippen LogP contribution >= 0.6 is 0 Å². The van der Waals surface area contributed by atoms with Crippen LogP contribution in [0.15, 0.2) is 12.3 Å². The largest absolute Gasteiger partial charge is 0.444 e. The lowest BCUT2D eigenvalue weighted by Gasteiger charge is -2.27. The number of alkyl carbamates (subject to hydrolysis) is 1. The third-order valence-electron chi connectivity index (χ3n) is 3.10. The number of imide groups is 1. The predicted molar refractivity (Wildman–Crippen MR) is 75.8 cm³/mol. The second-order valence-corrected chi connectivity index (χ2v) is 6.01. The SMILES string of the molecule is Cn1nccc1[C@]1(CNC(=O)OC(C)(C)C)NC(=O)NC1=O. The molecule has 120 valence electrons. The van der Waals surface area contributed by atoms with Crippen molar-refractivity contribution in [2.45, 2.75) is 31.9 Å². The molecule has 1 fully saturated rings. The van der Waals surface area contributed by atoms with Gasteiger partial charge in [-0.2, -0.15) is 5.10 Å². The third-order valence-corrected chi connectivity index (χ3v) is 3.10. The third kappa shape index (κ3) is 3.02. The number of aromatic nitrogens is 2. The molecule has 0 aliphatic carbocycles. The summed E-state index contributed by atoms with van der Waals surface area (Å²) in [6.07, 6.45) is 0.825. The Hall–Kier alpha value is -2.58. The Kier molecular flexibility index (Phi) is 3.82. The Balaban J connectivity index is 2.21. The first-order chi connectivity index (χ1) is 10.1. The maximum Gasteiger partial charge on any atom is 0.407 e. The fourth-order valence-electron chi connectivity index (χ4n) is 2.20. The first-order valence-corrected chi connectivity index (χ1v) is 6.73. The van der Waals surface area contributed by atoms with Crippen molar-refractivity contribution in [2.75, 3.05) is 6.54 Å². The van der Waals surface area contributed by atoms with Crippen molar-refractivity contribution in [1.29, 1.82) is 0 Å². The molecule has 3 N–H and O–H groups in total. The minimum atomic E-state index is -1.42. The van der Waals surface area contributed by atoms with E-state index in [1.54, 1.807) is 33.9 Å². The van der Waals surface area contributed by atoms with Gasteiger partial charge in [-0.25, -0.2) is 9.59 Å². The van der Waals surface area contributed by atoms with Crippen LogP contribution in [0.1, 0.15) is 26.5 Å². The molecule has 2 rings (SSSR count). The minimum absolute atomic E-state index is 0.154. The number of ether oxygens (including phenoxy) is 1. The van der Waals surface area contributed by atoms with Crippen molar-refractivity contribution < 1.29 is 19.1 Å². The molecule has 0 bridgehead atoms. The summed E-state index contributed by atoms with van der Waals surface area (Å²) in [5.74, 6) is -0.558. The van der Waals surface area contributed by atoms with E-state index in [0.717, 1.165) is 0 Å². The number of carbonyl (C=O) groups excluding carboxylic acids is 3. The van der Waals surface area contributed by atoms with Crippen molar-refractivity contribution in [3.8, 4) is 0 Å². The molecule has 1 aromatic rings. The fourth-order valence-corrected chi connectivity index (χ4v) is 2.20. The Morgan fingerprint density at radius 2 is 2.14 bits per heavy atom. The van der Waals surface area contributed by atoms with Crippen molar-refractivity contribution in [2.24, 2.45) is 7.05 Å². The van der Waals surface area contributed by atoms with Crippen LogP contribution in [0.3, 0.4) is 0 Å². The molecule has 1 saturated heterocycles. The molecule has 4 amide bonds. The second kappa shape index (κ2) is 5.32. The van der Waals surface area contributed by atoms with E-state index in [9.17, 15) is 14.4 Å². The van der Waals surface area contributed by atoms with Gasteiger partial charge in [-0.3, -0.25) is 14.8 Å². The van der Waals surface area contributed by atoms with Crippen LogP contribution < -0.4 is 16.0 Å². The van der Waals surface area contributed by atoms with Crippen molar-refractivity contribution in [3.63, 3.8) is 0 Å². The lowest BCUT2D eigenvalue weighted by atomic mass is 9.95. The Morgan fingerprint density at radius 3 is 2.59 bits per heavy atom. The monoisotopic (exact) mass is 309 g/mol. The molecule has 0 spiro atoms. The van der Waals surface area contributed by atoms with Crippen LogP contribution in [-0.2, 0) is 22.1 Å². The van der Waals surface area contributed by atoms with Crippen LogP contribution in [0, 0.1) is 0 Å². The second-order valence-electron chi connectivity index (χ2n) is 6.01. The van der Waals surface area contributed by atoms with Crippen LogP contribution in [0.4, 0.5) is 9.59 Å². The minimum Gasteiger partial charge on any atom is -0.444 e. The summed E-state index contributed by atoms with van der Waals surface area (Å²) in [7, 11) is 1.64. The molecule has 22 heavy (non-hydrogen) atoms. The molecule has 0 unspecified atom stereocenters. The zero-order valence-electron chi connectivity index (χ0n) is 12.9. The highest BCUT2D eigenvalue weighted by Gasteiger charge is 2.50. The topological polar surface area (TPSA) is 114 Å². The van der Waals surface area contributed by atoms with E-state index in [-0.39, 0.29) is 6.54 Å². The zero-order valence-corrected chi connectivity index (χ0v) is 12.9. The molecule has 1 aromatic heterocycles. The number of nitrogens with one attached hydrogen (secondary N) is 3. The van der Waals surface area contributed by atoms with Gasteiger partial charge in [-0.05, 0) is 26.8 Å². The van der Waals surface area contributed by atoms with Crippen LogP contribution in [0.2, 0.25) is 0 Å². The molecule has 0 saturated carbocycles. The van der Waals surface area contributed by atoms with E-state index in [1.807, 2.05) is 0 Å². The average molecular weight is 309 g/mol. The first-order valence-electron chi connectivity index (χ1n) is 6.73. The first kappa shape index (κ1) is 15.8. The summed E-state index contributed by atoms with van der Waals surface area (Å²) < 4.78 is 6.60. The molecule has 1 aliphatic heterocycles. The van der Waals surface area contributed by atoms with E-state index >= 15 is 0 Å². The number of hydrogen-bond donors (Lipinski definition) is 3. The van der Waals surface area contributed by atoms with Crippen LogP contribution in [0.25, 0.3) is 0 Å². The van der Waals surface area contributed by atoms with Gasteiger partial charge in [0.05, 0.1) is 12.2 Å². The van der Waals surface area contributed by atoms with Crippen LogP contribution in [0.5, 0.6) is 0 Å². The number of nitrogens with zero attached hydrogens (tertiary/aromatic N) is 2. The van der Waals surface area contributed by atoms with Gasteiger partial charge in [0.15, 0.2) is 5.54 Å². The van der Waals surface area contributed by atoms with Gasteiger partial charge in [0.25, 0.3) is 5.91 Å². The highest BCUT2D eigenvalue weighted by atomic mass is 16.6. The Morgan fingerprint density at radius 1 is 1.45 bits per heavy atom. The molecular weight excluding hydrogens is 290 g/mol. The summed E-state index contributed by atoms with van der Waals surface area (Å²) >= 11 is 0. The van der Waals surface area contributed by atoms with Gasteiger partial charge in [0.2, 0.25) is 0 Å². The standard InChI is InChI=1S/C13H19N5O4/c1-12(2,3)22-11(21)14-7-13(8-5-6-15-18(8)4)9(19)16-10(20)17-13/h5-6H,7H2,1-4H3,(H,14,21)(H2,16,17,19,20)/t13-/m0/s1. The number of rotatable bonds is 3. The summed E-state index contributed by atoms with van der Waals surface area (Å²) in [4.78, 5) is 35.6. The average Bonchev–Trinajstić information content (AvgIpc) is 2.89. The Labute approximate surface area is 127 Å². The van der Waals surface area contributed by atoms with Gasteiger partial charge in [0.1, 0.15) is 5.60 Å². The number of carbonyl (C=O) groups is 3. The summed E-state index contributed by atoms with van der Waals surface area (Å²) in [5.41, 5.74) is -1.63. The van der Waals surface area contributed by atoms with Gasteiger partial charge in [-0.15, -0.1) is 0 Å². The van der Waals surface area contributed by atoms with Gasteiger partial charge in [-0.1, -0.05) is 0 Å². The lowest BCUT2D eigenvalue weighted by Crippen LogP contribution is -2.54. The van der Waals surface area contributed by atoms with Gasteiger partial charge >= 0.3 is 12.1 Å². The summed E-state index contributed by atoms with van der Waals surface area (Å²) in [5, 5.41) is 11.2. The van der Waals surface area contributed by atoms with E-state index in [1.165, 1.54) is 10.9 Å².